The third-order valence-electron chi connectivity index (χ3n) is 8.83. The lowest BCUT2D eigenvalue weighted by Crippen LogP contribution is -2.48. The molecule has 4 rings (SSSR count). The van der Waals surface area contributed by atoms with Crippen LogP contribution in [-0.4, -0.2) is 42.0 Å². The highest BCUT2D eigenvalue weighted by Crippen LogP contribution is 2.62. The summed E-state index contributed by atoms with van der Waals surface area (Å²) in [5, 5.41) is 0. The summed E-state index contributed by atoms with van der Waals surface area (Å²) < 4.78 is 17.3. The second kappa shape index (κ2) is 11.6. The lowest BCUT2D eigenvalue weighted by molar-refractivity contribution is -0.169. The van der Waals surface area contributed by atoms with E-state index >= 15 is 0 Å². The predicted molar refractivity (Wildman–Crippen MR) is 151 cm³/mol. The first-order valence-electron chi connectivity index (χ1n) is 14.0. The third-order valence-corrected chi connectivity index (χ3v) is 8.83. The van der Waals surface area contributed by atoms with E-state index in [1.807, 2.05) is 49.4 Å². The molecule has 40 heavy (non-hydrogen) atoms. The van der Waals surface area contributed by atoms with Crippen LogP contribution in [0, 0.1) is 29.1 Å². The maximum atomic E-state index is 14.2. The normalized spacial score (nSPS) is 31.1. The fourth-order valence-corrected chi connectivity index (χ4v) is 6.67. The van der Waals surface area contributed by atoms with Crippen LogP contribution in [0.5, 0.6) is 0 Å². The monoisotopic (exact) mass is 548 g/mol. The van der Waals surface area contributed by atoms with E-state index in [0.717, 1.165) is 17.6 Å². The number of carbonyl (C=O) groups is 4. The summed E-state index contributed by atoms with van der Waals surface area (Å²) in [6.07, 6.45) is 7.91. The number of carbonyl (C=O) groups excluding carboxylic acids is 4. The minimum atomic E-state index is -1.54. The Morgan fingerprint density at radius 3 is 2.38 bits per heavy atom. The highest BCUT2D eigenvalue weighted by molar-refractivity contribution is 6.03. The van der Waals surface area contributed by atoms with Crippen molar-refractivity contribution < 1.29 is 33.4 Å². The zero-order chi connectivity index (χ0) is 29.2. The van der Waals surface area contributed by atoms with Crippen molar-refractivity contribution in [2.24, 2.45) is 29.1 Å². The van der Waals surface area contributed by atoms with E-state index in [2.05, 4.69) is 13.8 Å². The summed E-state index contributed by atoms with van der Waals surface area (Å²) in [7, 11) is 0. The molecule has 0 unspecified atom stereocenters. The largest absolute Gasteiger partial charge is 0.461 e. The zero-order valence-corrected chi connectivity index (χ0v) is 24.3. The van der Waals surface area contributed by atoms with Gasteiger partial charge in [-0.15, -0.1) is 0 Å². The number of ether oxygens (including phenoxy) is 3. The van der Waals surface area contributed by atoms with Crippen molar-refractivity contribution >= 4 is 29.8 Å². The van der Waals surface area contributed by atoms with Crippen LogP contribution in [0.1, 0.15) is 66.4 Å². The van der Waals surface area contributed by atoms with Gasteiger partial charge in [-0.2, -0.15) is 0 Å². The second-order valence-electron chi connectivity index (χ2n) is 12.1. The Bertz CT molecular complexity index is 1250. The molecule has 7 heteroatoms. The van der Waals surface area contributed by atoms with Gasteiger partial charge in [0.2, 0.25) is 5.78 Å². The van der Waals surface area contributed by atoms with Gasteiger partial charge >= 0.3 is 17.9 Å². The van der Waals surface area contributed by atoms with Gasteiger partial charge in [0, 0.05) is 26.3 Å². The van der Waals surface area contributed by atoms with E-state index in [-0.39, 0.29) is 36.1 Å². The third kappa shape index (κ3) is 6.13. The number of Topliss-reactive ketones (excluding diaryl/α,β-unsaturated/α-hetero) is 1. The Labute approximate surface area is 236 Å². The number of hydrogen-bond acceptors (Lipinski definition) is 7. The van der Waals surface area contributed by atoms with Crippen molar-refractivity contribution in [3.05, 3.63) is 65.3 Å². The van der Waals surface area contributed by atoms with E-state index < -0.39 is 35.5 Å². The lowest BCUT2D eigenvalue weighted by Gasteiger charge is -2.34. The Morgan fingerprint density at radius 1 is 1.02 bits per heavy atom. The van der Waals surface area contributed by atoms with Gasteiger partial charge in [-0.25, -0.2) is 4.79 Å². The van der Waals surface area contributed by atoms with Crippen LogP contribution in [0.3, 0.4) is 0 Å². The average molecular weight is 549 g/mol. The fraction of sp³-hybridized carbons (Fsp3) is 0.515. The van der Waals surface area contributed by atoms with E-state index in [1.54, 1.807) is 13.0 Å². The quantitative estimate of drug-likeness (QED) is 0.196. The molecule has 214 valence electrons. The van der Waals surface area contributed by atoms with Gasteiger partial charge in [-0.05, 0) is 65.7 Å². The van der Waals surface area contributed by atoms with Crippen molar-refractivity contribution in [3.8, 4) is 0 Å². The molecule has 0 saturated heterocycles. The molecule has 0 heterocycles. The molecule has 2 fully saturated rings. The first-order valence-corrected chi connectivity index (χ1v) is 14.0. The van der Waals surface area contributed by atoms with Gasteiger partial charge in [-0.3, -0.25) is 14.4 Å². The molecule has 0 bridgehead atoms. The molecule has 6 atom stereocenters. The number of allylic oxidation sites excluding steroid dienone is 1. The van der Waals surface area contributed by atoms with Crippen LogP contribution in [0.15, 0.2) is 59.7 Å². The molecular formula is C33H40O7. The van der Waals surface area contributed by atoms with Crippen LogP contribution in [0.2, 0.25) is 0 Å². The molecule has 0 spiro atoms. The number of ketones is 1. The molecule has 2 saturated carbocycles. The molecule has 0 N–H and O–H groups in total. The molecular weight excluding hydrogens is 508 g/mol. The van der Waals surface area contributed by atoms with Crippen LogP contribution in [0.4, 0.5) is 0 Å². The number of fused-ring (bicyclic) bond motifs is 2. The Kier molecular flexibility index (Phi) is 8.52. The average Bonchev–Trinajstić information content (AvgIpc) is 3.30. The Balaban J connectivity index is 1.76. The molecule has 0 aromatic heterocycles. The predicted octanol–water partition coefficient (Wildman–Crippen LogP) is 5.64. The zero-order valence-electron chi connectivity index (χ0n) is 24.3. The van der Waals surface area contributed by atoms with Crippen molar-refractivity contribution in [3.63, 3.8) is 0 Å². The highest BCUT2D eigenvalue weighted by atomic mass is 16.6. The summed E-state index contributed by atoms with van der Waals surface area (Å²) in [6.45, 7) is 10.8. The first-order chi connectivity index (χ1) is 18.8. The van der Waals surface area contributed by atoms with Gasteiger partial charge in [0.05, 0.1) is 5.92 Å². The van der Waals surface area contributed by atoms with E-state index in [4.69, 9.17) is 14.2 Å². The Morgan fingerprint density at radius 2 is 1.73 bits per heavy atom. The summed E-state index contributed by atoms with van der Waals surface area (Å²) in [5.74, 6) is -2.26. The first kappa shape index (κ1) is 29.5. The Hall–Kier alpha value is -3.48. The number of rotatable bonds is 6. The van der Waals surface area contributed by atoms with Crippen LogP contribution in [-0.2, 0) is 33.4 Å². The summed E-state index contributed by atoms with van der Waals surface area (Å²) in [5.41, 5.74) is 0.713. The highest BCUT2D eigenvalue weighted by Gasteiger charge is 2.61. The molecule has 0 radical (unpaired) electrons. The standard InChI is InChI=1S/C33H40O7/c1-20-16-27-26(32(27,5)6)14-12-25(19-38-22(3)34)17-28-30(21(2)18-33(28,31(20)37)40-23(4)35)39-29(36)15-13-24-10-8-7-9-11-24/h7-11,13,15-17,21,26-28,30H,12,14,18-19H2,1-6H3/b15-13+,20-16?,25-17?/t21-,26-,27+,28-,30-,33+/m0/s1. The van der Waals surface area contributed by atoms with Gasteiger partial charge < -0.3 is 14.2 Å². The number of benzene rings is 1. The molecule has 7 nitrogen and oxygen atoms in total. The molecule has 0 amide bonds. The topological polar surface area (TPSA) is 96.0 Å². The van der Waals surface area contributed by atoms with Gasteiger partial charge in [0.25, 0.3) is 0 Å². The molecule has 3 aliphatic rings. The van der Waals surface area contributed by atoms with Gasteiger partial charge in [0.15, 0.2) is 5.60 Å². The minimum absolute atomic E-state index is 0.0351. The number of esters is 3. The molecule has 1 aromatic rings. The minimum Gasteiger partial charge on any atom is -0.461 e. The van der Waals surface area contributed by atoms with Gasteiger partial charge in [-0.1, -0.05) is 63.3 Å². The molecule has 3 aliphatic carbocycles. The summed E-state index contributed by atoms with van der Waals surface area (Å²) in [4.78, 5) is 51.4. The van der Waals surface area contributed by atoms with Crippen molar-refractivity contribution in [2.75, 3.05) is 6.61 Å². The second-order valence-corrected chi connectivity index (χ2v) is 12.1. The summed E-state index contributed by atoms with van der Waals surface area (Å²) in [6, 6.07) is 9.40. The van der Waals surface area contributed by atoms with Crippen molar-refractivity contribution in [1.29, 1.82) is 0 Å². The van der Waals surface area contributed by atoms with E-state index in [0.29, 0.717) is 17.9 Å². The van der Waals surface area contributed by atoms with E-state index in [1.165, 1.54) is 19.9 Å². The summed E-state index contributed by atoms with van der Waals surface area (Å²) >= 11 is 0. The maximum absolute atomic E-state index is 14.2. The lowest BCUT2D eigenvalue weighted by atomic mass is 9.81. The SMILES string of the molecule is CC(=O)OCC1=C[C@H]2[C@@H](OC(=O)/C=C/c3ccccc3)[C@@H](C)C[C@]2(OC(C)=O)C(=O)C(C)=C[C@@H]2[C@H](CC1)C2(C)C. The fourth-order valence-electron chi connectivity index (χ4n) is 6.67. The van der Waals surface area contributed by atoms with Crippen LogP contribution in [0.25, 0.3) is 6.08 Å². The van der Waals surface area contributed by atoms with Crippen molar-refractivity contribution in [1.82, 2.24) is 0 Å². The molecule has 1 aromatic carbocycles. The van der Waals surface area contributed by atoms with Crippen molar-refractivity contribution in [2.45, 2.75) is 72.5 Å². The molecule has 0 aliphatic heterocycles. The maximum Gasteiger partial charge on any atom is 0.331 e. The smallest absolute Gasteiger partial charge is 0.331 e. The number of hydrogen-bond donors (Lipinski definition) is 0. The van der Waals surface area contributed by atoms with Crippen LogP contribution >= 0.6 is 0 Å². The van der Waals surface area contributed by atoms with E-state index in [9.17, 15) is 19.2 Å². The van der Waals surface area contributed by atoms with Gasteiger partial charge in [0.1, 0.15) is 12.7 Å². The van der Waals surface area contributed by atoms with Crippen LogP contribution < -0.4 is 0 Å².